The van der Waals surface area contributed by atoms with Gasteiger partial charge in [-0.2, -0.15) is 4.68 Å². The highest BCUT2D eigenvalue weighted by molar-refractivity contribution is 5.80. The summed E-state index contributed by atoms with van der Waals surface area (Å²) in [6.45, 7) is 0. The van der Waals surface area contributed by atoms with Crippen LogP contribution in [-0.2, 0) is 14.1 Å². The van der Waals surface area contributed by atoms with E-state index >= 15 is 0 Å². The van der Waals surface area contributed by atoms with Gasteiger partial charge in [-0.1, -0.05) is 0 Å². The van der Waals surface area contributed by atoms with E-state index in [0.717, 1.165) is 11.2 Å². The van der Waals surface area contributed by atoms with Crippen LogP contribution in [0.2, 0.25) is 0 Å². The molecular weight excluding hydrogens is 150 g/mol. The Kier molecular flexibility index (Phi) is 1.33. The van der Waals surface area contributed by atoms with Crippen molar-refractivity contribution in [2.75, 3.05) is 5.73 Å². The molecule has 12 heavy (non-hydrogen) atoms. The Hall–Kier alpha value is -1.51. The zero-order valence-electron chi connectivity index (χ0n) is 7.28. The number of aromatic nitrogens is 2. The Labute approximate surface area is 71.0 Å². The predicted molar refractivity (Wildman–Crippen MR) is 48.5 cm³/mol. The van der Waals surface area contributed by atoms with Crippen LogP contribution in [0.4, 0.5) is 5.69 Å². The van der Waals surface area contributed by atoms with Crippen molar-refractivity contribution >= 4 is 16.6 Å². The third-order valence-corrected chi connectivity index (χ3v) is 2.20. The molecule has 1 aromatic carbocycles. The van der Waals surface area contributed by atoms with Crippen LogP contribution in [0.3, 0.4) is 0 Å². The predicted octanol–water partition coefficient (Wildman–Crippen LogP) is 0.585. The molecule has 0 aliphatic rings. The SMILES string of the molecule is Cn1c2cc(N)ccc2c[n+]1C. The fourth-order valence-corrected chi connectivity index (χ4v) is 1.41. The number of hydrogen-bond acceptors (Lipinski definition) is 1. The molecular formula is C9H12N3+. The van der Waals surface area contributed by atoms with Crippen LogP contribution >= 0.6 is 0 Å². The van der Waals surface area contributed by atoms with Crippen LogP contribution < -0.4 is 10.4 Å². The molecule has 3 nitrogen and oxygen atoms in total. The number of fused-ring (bicyclic) bond motifs is 1. The molecule has 62 valence electrons. The number of benzene rings is 1. The van der Waals surface area contributed by atoms with Crippen LogP contribution in [-0.4, -0.2) is 4.68 Å². The molecule has 2 N–H and O–H groups in total. The number of rotatable bonds is 0. The smallest absolute Gasteiger partial charge is 0.203 e. The minimum Gasteiger partial charge on any atom is -0.399 e. The Morgan fingerprint density at radius 3 is 2.92 bits per heavy atom. The minimum atomic E-state index is 0.810. The third kappa shape index (κ3) is 0.863. The molecule has 1 heterocycles. The van der Waals surface area contributed by atoms with E-state index in [-0.39, 0.29) is 0 Å². The van der Waals surface area contributed by atoms with Crippen molar-refractivity contribution in [2.24, 2.45) is 14.1 Å². The molecule has 0 amide bonds. The van der Waals surface area contributed by atoms with E-state index < -0.39 is 0 Å². The first-order valence-electron chi connectivity index (χ1n) is 3.89. The molecule has 2 aromatic rings. The average Bonchev–Trinajstić information content (AvgIpc) is 2.31. The molecule has 0 spiro atoms. The Balaban J connectivity index is 2.88. The van der Waals surface area contributed by atoms with Crippen molar-refractivity contribution in [3.8, 4) is 0 Å². The van der Waals surface area contributed by atoms with Crippen LogP contribution in [0.25, 0.3) is 10.9 Å². The van der Waals surface area contributed by atoms with Gasteiger partial charge >= 0.3 is 0 Å². The molecule has 0 saturated heterocycles. The Morgan fingerprint density at radius 1 is 1.42 bits per heavy atom. The maximum atomic E-state index is 5.68. The average molecular weight is 162 g/mol. The Bertz CT molecular complexity index is 429. The maximum Gasteiger partial charge on any atom is 0.203 e. The zero-order valence-corrected chi connectivity index (χ0v) is 7.28. The maximum absolute atomic E-state index is 5.68. The third-order valence-electron chi connectivity index (χ3n) is 2.20. The van der Waals surface area contributed by atoms with E-state index in [9.17, 15) is 0 Å². The lowest BCUT2D eigenvalue weighted by Crippen LogP contribution is -2.35. The number of nitrogen functional groups attached to an aromatic ring is 1. The summed E-state index contributed by atoms with van der Waals surface area (Å²) in [4.78, 5) is 0. The summed E-state index contributed by atoms with van der Waals surface area (Å²) in [7, 11) is 4.03. The first-order chi connectivity index (χ1) is 5.68. The van der Waals surface area contributed by atoms with Crippen LogP contribution in [0.1, 0.15) is 0 Å². The molecule has 0 atom stereocenters. The second-order valence-corrected chi connectivity index (χ2v) is 3.04. The lowest BCUT2D eigenvalue weighted by molar-refractivity contribution is -0.748. The van der Waals surface area contributed by atoms with Crippen molar-refractivity contribution in [3.63, 3.8) is 0 Å². The van der Waals surface area contributed by atoms with Gasteiger partial charge in [0.05, 0.1) is 12.4 Å². The van der Waals surface area contributed by atoms with E-state index in [1.165, 1.54) is 5.39 Å². The molecule has 0 unspecified atom stereocenters. The fraction of sp³-hybridized carbons (Fsp3) is 0.222. The summed E-state index contributed by atoms with van der Waals surface area (Å²) in [5, 5.41) is 1.22. The zero-order chi connectivity index (χ0) is 8.72. The monoisotopic (exact) mass is 162 g/mol. The number of hydrogen-bond donors (Lipinski definition) is 1. The highest BCUT2D eigenvalue weighted by Crippen LogP contribution is 2.14. The van der Waals surface area contributed by atoms with Crippen LogP contribution in [0, 0.1) is 0 Å². The van der Waals surface area contributed by atoms with Gasteiger partial charge < -0.3 is 5.73 Å². The summed E-state index contributed by atoms with van der Waals surface area (Å²) >= 11 is 0. The lowest BCUT2D eigenvalue weighted by Gasteiger charge is -1.93. The number of anilines is 1. The highest BCUT2D eigenvalue weighted by Gasteiger charge is 2.07. The highest BCUT2D eigenvalue weighted by atomic mass is 15.4. The van der Waals surface area contributed by atoms with Gasteiger partial charge in [-0.05, 0) is 18.2 Å². The normalized spacial score (nSPS) is 10.8. The summed E-state index contributed by atoms with van der Waals surface area (Å²) in [5.41, 5.74) is 7.65. The first-order valence-corrected chi connectivity index (χ1v) is 3.89. The van der Waals surface area contributed by atoms with E-state index in [0.29, 0.717) is 0 Å². The van der Waals surface area contributed by atoms with Gasteiger partial charge in [0.25, 0.3) is 0 Å². The molecule has 0 saturated carbocycles. The molecule has 0 aliphatic heterocycles. The topological polar surface area (TPSA) is 34.8 Å². The van der Waals surface area contributed by atoms with Gasteiger partial charge in [0.2, 0.25) is 6.20 Å². The molecule has 0 aliphatic carbocycles. The van der Waals surface area contributed by atoms with E-state index in [2.05, 4.69) is 10.9 Å². The van der Waals surface area contributed by atoms with E-state index in [1.807, 2.05) is 37.0 Å². The first kappa shape index (κ1) is 7.16. The van der Waals surface area contributed by atoms with Gasteiger partial charge in [-0.3, -0.25) is 0 Å². The second-order valence-electron chi connectivity index (χ2n) is 3.04. The second kappa shape index (κ2) is 2.24. The number of nitrogens with two attached hydrogens (primary N) is 1. The fourth-order valence-electron chi connectivity index (χ4n) is 1.41. The quantitative estimate of drug-likeness (QED) is 0.446. The van der Waals surface area contributed by atoms with Crippen LogP contribution in [0.5, 0.6) is 0 Å². The molecule has 0 bridgehead atoms. The van der Waals surface area contributed by atoms with E-state index in [1.54, 1.807) is 0 Å². The van der Waals surface area contributed by atoms with Gasteiger partial charge in [-0.25, -0.2) is 0 Å². The van der Waals surface area contributed by atoms with Crippen molar-refractivity contribution < 1.29 is 4.68 Å². The number of aryl methyl sites for hydroxylation is 2. The molecule has 1 aromatic heterocycles. The largest absolute Gasteiger partial charge is 0.399 e. The standard InChI is InChI=1S/C9H11N3/c1-11-6-7-3-4-8(10)5-9(7)12(11)2/h3-6,10H,1-2H3/p+1. The van der Waals surface area contributed by atoms with Crippen molar-refractivity contribution in [3.05, 3.63) is 24.4 Å². The lowest BCUT2D eigenvalue weighted by atomic mass is 10.2. The minimum absolute atomic E-state index is 0.810. The molecule has 2 rings (SSSR count). The summed E-state index contributed by atoms with van der Waals surface area (Å²) in [6.07, 6.45) is 2.08. The van der Waals surface area contributed by atoms with Crippen molar-refractivity contribution in [1.29, 1.82) is 0 Å². The Morgan fingerprint density at radius 2 is 2.17 bits per heavy atom. The van der Waals surface area contributed by atoms with Crippen molar-refractivity contribution in [2.45, 2.75) is 0 Å². The number of nitrogens with zero attached hydrogens (tertiary/aromatic N) is 2. The summed E-state index contributed by atoms with van der Waals surface area (Å²) < 4.78 is 4.09. The summed E-state index contributed by atoms with van der Waals surface area (Å²) in [5.74, 6) is 0. The van der Waals surface area contributed by atoms with Gasteiger partial charge in [0.1, 0.15) is 5.52 Å². The molecule has 0 fully saturated rings. The van der Waals surface area contributed by atoms with Crippen molar-refractivity contribution in [1.82, 2.24) is 4.68 Å². The molecule has 3 heteroatoms. The van der Waals surface area contributed by atoms with Crippen LogP contribution in [0.15, 0.2) is 24.4 Å². The van der Waals surface area contributed by atoms with Gasteiger partial charge in [0.15, 0.2) is 7.05 Å². The molecule has 0 radical (unpaired) electrons. The summed E-state index contributed by atoms with van der Waals surface area (Å²) in [6, 6.07) is 5.93. The van der Waals surface area contributed by atoms with E-state index in [4.69, 9.17) is 5.73 Å². The van der Waals surface area contributed by atoms with Gasteiger partial charge in [-0.15, -0.1) is 4.68 Å². The van der Waals surface area contributed by atoms with Gasteiger partial charge in [0, 0.05) is 5.69 Å².